The molecule has 1 aromatic rings. The van der Waals surface area contributed by atoms with E-state index in [2.05, 4.69) is 19.2 Å². The van der Waals surface area contributed by atoms with E-state index in [1.165, 1.54) is 7.11 Å². The van der Waals surface area contributed by atoms with E-state index < -0.39 is 30.3 Å². The third-order valence-electron chi connectivity index (χ3n) is 8.64. The van der Waals surface area contributed by atoms with Gasteiger partial charge in [-0.1, -0.05) is 44.2 Å². The number of nitrogens with zero attached hydrogens (tertiary/aromatic N) is 1. The second-order valence-electron chi connectivity index (χ2n) is 11.3. The number of amides is 2. The van der Waals surface area contributed by atoms with Crippen LogP contribution in [0.2, 0.25) is 0 Å². The Morgan fingerprint density at radius 2 is 1.83 bits per heavy atom. The zero-order chi connectivity index (χ0) is 25.0. The van der Waals surface area contributed by atoms with Crippen molar-refractivity contribution < 1.29 is 28.6 Å². The van der Waals surface area contributed by atoms with Gasteiger partial charge in [-0.15, -0.1) is 0 Å². The van der Waals surface area contributed by atoms with Gasteiger partial charge in [-0.3, -0.25) is 4.79 Å². The molecule has 8 heteroatoms. The number of methoxy groups -OCH3 is 1. The van der Waals surface area contributed by atoms with Crippen molar-refractivity contribution in [3.8, 4) is 0 Å². The van der Waals surface area contributed by atoms with Crippen molar-refractivity contribution in [1.82, 2.24) is 10.2 Å². The summed E-state index contributed by atoms with van der Waals surface area (Å²) in [5.74, 6) is 0.0979. The molecule has 8 nitrogen and oxygen atoms in total. The molecule has 1 heterocycles. The standard InChI is InChI=1S/C27H36N2O6/c1-16(35-27(12-13-27)18-10-11-18)21(28-25(32)34-15-17-8-6-5-7-9-17)23(30)29-14-19-20(26(19,2)3)22(29)24(31)33-4/h5-9,16,18-22H,10-15H2,1-4H3,(H,28,32)/t16-,19+,20+,21+,22+/m1/s1. The molecule has 0 spiro atoms. The number of rotatable bonds is 9. The SMILES string of the molecule is COC(=O)[C@@H]1[C@@H]2[C@H](CN1C(=O)[C@@H](NC(=O)OCc1ccccc1)[C@@H](C)OC1(C3CC3)CC1)C2(C)C. The molecule has 4 aliphatic rings. The van der Waals surface area contributed by atoms with Crippen molar-refractivity contribution in [2.75, 3.05) is 13.7 Å². The summed E-state index contributed by atoms with van der Waals surface area (Å²) in [6.07, 6.45) is 3.01. The topological polar surface area (TPSA) is 94.2 Å². The Morgan fingerprint density at radius 3 is 2.43 bits per heavy atom. The van der Waals surface area contributed by atoms with Gasteiger partial charge < -0.3 is 24.4 Å². The summed E-state index contributed by atoms with van der Waals surface area (Å²) in [6.45, 7) is 6.63. The predicted octanol–water partition coefficient (Wildman–Crippen LogP) is 3.29. The summed E-state index contributed by atoms with van der Waals surface area (Å²) >= 11 is 0. The first-order valence-electron chi connectivity index (χ1n) is 12.7. The second-order valence-corrected chi connectivity index (χ2v) is 11.3. The Kier molecular flexibility index (Phi) is 6.06. The largest absolute Gasteiger partial charge is 0.467 e. The van der Waals surface area contributed by atoms with Crippen molar-refractivity contribution in [2.24, 2.45) is 23.2 Å². The highest BCUT2D eigenvalue weighted by molar-refractivity contribution is 5.91. The van der Waals surface area contributed by atoms with Gasteiger partial charge in [0.15, 0.2) is 0 Å². The summed E-state index contributed by atoms with van der Waals surface area (Å²) in [4.78, 5) is 40.9. The molecule has 3 saturated carbocycles. The van der Waals surface area contributed by atoms with Gasteiger partial charge in [0.05, 0.1) is 18.8 Å². The second kappa shape index (κ2) is 8.80. The minimum absolute atomic E-state index is 0.0145. The van der Waals surface area contributed by atoms with Crippen LogP contribution in [0.25, 0.3) is 0 Å². The number of likely N-dealkylation sites (tertiary alicyclic amines) is 1. The van der Waals surface area contributed by atoms with Crippen molar-refractivity contribution in [1.29, 1.82) is 0 Å². The lowest BCUT2D eigenvalue weighted by molar-refractivity contribution is -0.156. The fourth-order valence-electron chi connectivity index (χ4n) is 6.15. The van der Waals surface area contributed by atoms with Crippen molar-refractivity contribution >= 4 is 18.0 Å². The van der Waals surface area contributed by atoms with Crippen LogP contribution in [0.15, 0.2) is 30.3 Å². The molecule has 5 rings (SSSR count). The molecule has 0 unspecified atom stereocenters. The number of nitrogens with one attached hydrogen (secondary N) is 1. The van der Waals surface area contributed by atoms with Crippen LogP contribution in [0, 0.1) is 23.2 Å². The van der Waals surface area contributed by atoms with Gasteiger partial charge in [0.1, 0.15) is 18.7 Å². The van der Waals surface area contributed by atoms with Gasteiger partial charge >= 0.3 is 12.1 Å². The molecule has 2 amide bonds. The Balaban J connectivity index is 1.31. The minimum Gasteiger partial charge on any atom is -0.467 e. The Labute approximate surface area is 206 Å². The smallest absolute Gasteiger partial charge is 0.408 e. The summed E-state index contributed by atoms with van der Waals surface area (Å²) in [5, 5.41) is 2.77. The van der Waals surface area contributed by atoms with Crippen LogP contribution < -0.4 is 5.32 Å². The van der Waals surface area contributed by atoms with Gasteiger partial charge in [-0.2, -0.15) is 0 Å². The van der Waals surface area contributed by atoms with Crippen LogP contribution >= 0.6 is 0 Å². The quantitative estimate of drug-likeness (QED) is 0.541. The summed E-state index contributed by atoms with van der Waals surface area (Å²) in [7, 11) is 1.35. The van der Waals surface area contributed by atoms with E-state index in [9.17, 15) is 14.4 Å². The van der Waals surface area contributed by atoms with Crippen molar-refractivity contribution in [3.63, 3.8) is 0 Å². The summed E-state index contributed by atoms with van der Waals surface area (Å²) < 4.78 is 16.9. The van der Waals surface area contributed by atoms with E-state index >= 15 is 0 Å². The van der Waals surface area contributed by atoms with Gasteiger partial charge in [-0.25, -0.2) is 9.59 Å². The van der Waals surface area contributed by atoms with Gasteiger partial charge in [0.25, 0.3) is 0 Å². The Hall–Kier alpha value is -2.61. The van der Waals surface area contributed by atoms with E-state index in [1.54, 1.807) is 4.90 Å². The van der Waals surface area contributed by atoms with Crippen LogP contribution in [-0.2, 0) is 30.4 Å². The number of carbonyl (C=O) groups excluding carboxylic acids is 3. The Morgan fingerprint density at radius 1 is 1.14 bits per heavy atom. The maximum Gasteiger partial charge on any atom is 0.408 e. The molecule has 1 N–H and O–H groups in total. The van der Waals surface area contributed by atoms with Crippen LogP contribution in [0.3, 0.4) is 0 Å². The molecule has 5 atom stereocenters. The number of carbonyl (C=O) groups is 3. The van der Waals surface area contributed by atoms with Crippen LogP contribution in [0.4, 0.5) is 4.79 Å². The first-order valence-corrected chi connectivity index (χ1v) is 12.7. The van der Waals surface area contributed by atoms with E-state index in [0.29, 0.717) is 12.5 Å². The lowest BCUT2D eigenvalue weighted by Crippen LogP contribution is -2.58. The van der Waals surface area contributed by atoms with Crippen LogP contribution in [-0.4, -0.2) is 60.3 Å². The molecule has 3 aliphatic carbocycles. The maximum absolute atomic E-state index is 13.9. The number of esters is 1. The summed E-state index contributed by atoms with van der Waals surface area (Å²) in [5.41, 5.74) is 0.664. The third kappa shape index (κ3) is 4.53. The number of benzene rings is 1. The van der Waals surface area contributed by atoms with Crippen LogP contribution in [0.1, 0.15) is 52.0 Å². The minimum atomic E-state index is -0.956. The third-order valence-corrected chi connectivity index (χ3v) is 8.64. The van der Waals surface area contributed by atoms with Crippen molar-refractivity contribution in [3.05, 3.63) is 35.9 Å². The molecule has 1 saturated heterocycles. The summed E-state index contributed by atoms with van der Waals surface area (Å²) in [6, 6.07) is 7.77. The molecule has 0 bridgehead atoms. The first-order chi connectivity index (χ1) is 16.7. The van der Waals surface area contributed by atoms with Gasteiger partial charge in [-0.05, 0) is 55.4 Å². The highest BCUT2D eigenvalue weighted by Crippen LogP contribution is 2.65. The molecule has 0 radical (unpaired) electrons. The fraction of sp³-hybridized carbons (Fsp3) is 0.667. The van der Waals surface area contributed by atoms with Gasteiger partial charge in [0.2, 0.25) is 5.91 Å². The number of ether oxygens (including phenoxy) is 3. The number of piperidine rings is 1. The zero-order valence-electron chi connectivity index (χ0n) is 21.0. The molecule has 0 aromatic heterocycles. The molecule has 4 fully saturated rings. The molecular weight excluding hydrogens is 448 g/mol. The van der Waals surface area contributed by atoms with Crippen LogP contribution in [0.5, 0.6) is 0 Å². The molecule has 1 aliphatic heterocycles. The molecule has 1 aromatic carbocycles. The van der Waals surface area contributed by atoms with E-state index in [0.717, 1.165) is 31.2 Å². The number of hydrogen-bond donors (Lipinski definition) is 1. The Bertz CT molecular complexity index is 987. The van der Waals surface area contributed by atoms with E-state index in [-0.39, 0.29) is 35.4 Å². The lowest BCUT2D eigenvalue weighted by atomic mass is 9.99. The molecule has 35 heavy (non-hydrogen) atoms. The normalized spacial score (nSPS) is 28.9. The highest BCUT2D eigenvalue weighted by atomic mass is 16.6. The average molecular weight is 485 g/mol. The molecule has 190 valence electrons. The number of alkyl carbamates (subject to hydrolysis) is 1. The monoisotopic (exact) mass is 484 g/mol. The maximum atomic E-state index is 13.9. The highest BCUT2D eigenvalue weighted by Gasteiger charge is 2.70. The predicted molar refractivity (Wildman–Crippen MR) is 127 cm³/mol. The molecular formula is C27H36N2O6. The first kappa shape index (κ1) is 24.1. The van der Waals surface area contributed by atoms with Gasteiger partial charge in [0, 0.05) is 12.5 Å². The zero-order valence-corrected chi connectivity index (χ0v) is 21.0. The van der Waals surface area contributed by atoms with E-state index in [4.69, 9.17) is 14.2 Å². The number of fused-ring (bicyclic) bond motifs is 1. The fourth-order valence-corrected chi connectivity index (χ4v) is 6.15. The van der Waals surface area contributed by atoms with E-state index in [1.807, 2.05) is 37.3 Å². The van der Waals surface area contributed by atoms with Crippen molar-refractivity contribution in [2.45, 2.75) is 76.9 Å². The number of hydrogen-bond acceptors (Lipinski definition) is 6. The average Bonchev–Trinajstić information content (AvgIpc) is 3.79. The lowest BCUT2D eigenvalue weighted by Gasteiger charge is -2.35.